The molecule has 0 aliphatic rings. The summed E-state index contributed by atoms with van der Waals surface area (Å²) in [4.78, 5) is 17.3. The zero-order chi connectivity index (χ0) is 22.4. The van der Waals surface area contributed by atoms with Crippen LogP contribution in [0.3, 0.4) is 0 Å². The second kappa shape index (κ2) is 10.7. The molecule has 2 aromatic rings. The first-order valence-electron chi connectivity index (χ1n) is 11.2. The minimum Gasteiger partial charge on any atom is -0.396 e. The topological polar surface area (TPSA) is 74.2 Å². The minimum absolute atomic E-state index is 0.190. The molecule has 30 heavy (non-hydrogen) atoms. The summed E-state index contributed by atoms with van der Waals surface area (Å²) in [7, 11) is 3.96. The van der Waals surface area contributed by atoms with Gasteiger partial charge in [-0.1, -0.05) is 34.6 Å². The van der Waals surface area contributed by atoms with Crippen LogP contribution in [0.15, 0.2) is 12.1 Å². The van der Waals surface area contributed by atoms with Gasteiger partial charge in [0.05, 0.1) is 17.1 Å². The summed E-state index contributed by atoms with van der Waals surface area (Å²) in [6, 6.07) is 4.20. The average Bonchev–Trinajstić information content (AvgIpc) is 2.76. The van der Waals surface area contributed by atoms with Crippen LogP contribution in [0.25, 0.3) is 11.3 Å². The fourth-order valence-electron chi connectivity index (χ4n) is 3.57. The molecule has 6 nitrogen and oxygen atoms in total. The molecule has 166 valence electrons. The molecule has 0 aromatic carbocycles. The van der Waals surface area contributed by atoms with E-state index in [1.54, 1.807) is 0 Å². The van der Waals surface area contributed by atoms with Crippen molar-refractivity contribution in [2.24, 2.45) is 5.92 Å². The van der Waals surface area contributed by atoms with Crippen LogP contribution in [0.4, 0.5) is 11.6 Å². The van der Waals surface area contributed by atoms with Gasteiger partial charge in [-0.05, 0) is 43.7 Å². The van der Waals surface area contributed by atoms with Crippen molar-refractivity contribution >= 4 is 11.6 Å². The van der Waals surface area contributed by atoms with E-state index in [4.69, 9.17) is 15.0 Å². The summed E-state index contributed by atoms with van der Waals surface area (Å²) in [6.07, 6.45) is 1.55. The molecule has 0 aliphatic heterocycles. The van der Waals surface area contributed by atoms with E-state index in [1.165, 1.54) is 0 Å². The standard InChI is InChI=1S/C24H39N5O/c1-9-19-22(18-11-12-20(15(3)4)27-23(18)25-7)28-24(29(8)10-2)21(26-19)17(6)16(5)13-14-30/h11-12,15-17,30H,9-10,13-14H2,1-8H3,(H,25,27)/t16-,17?/m0/s1. The molecule has 0 fully saturated rings. The number of aliphatic hydroxyl groups excluding tert-OH is 1. The molecule has 2 heterocycles. The highest BCUT2D eigenvalue weighted by atomic mass is 16.3. The Balaban J connectivity index is 2.70. The molecule has 2 N–H and O–H groups in total. The number of nitrogens with zero attached hydrogens (tertiary/aromatic N) is 4. The van der Waals surface area contributed by atoms with E-state index in [2.05, 4.69) is 70.9 Å². The van der Waals surface area contributed by atoms with Gasteiger partial charge in [0, 0.05) is 44.4 Å². The Kier molecular flexibility index (Phi) is 8.59. The van der Waals surface area contributed by atoms with Gasteiger partial charge in [-0.15, -0.1) is 0 Å². The molecule has 0 bridgehead atoms. The summed E-state index contributed by atoms with van der Waals surface area (Å²) in [5.74, 6) is 2.64. The Hall–Kier alpha value is -2.21. The lowest BCUT2D eigenvalue weighted by Gasteiger charge is -2.27. The Morgan fingerprint density at radius 3 is 2.30 bits per heavy atom. The van der Waals surface area contributed by atoms with Crippen LogP contribution in [0.1, 0.15) is 76.9 Å². The third-order valence-corrected chi connectivity index (χ3v) is 6.02. The quantitative estimate of drug-likeness (QED) is 0.580. The highest BCUT2D eigenvalue weighted by Gasteiger charge is 2.25. The highest BCUT2D eigenvalue weighted by Crippen LogP contribution is 2.36. The van der Waals surface area contributed by atoms with Crippen LogP contribution in [0.2, 0.25) is 0 Å². The molecule has 6 heteroatoms. The fraction of sp³-hybridized carbons (Fsp3) is 0.625. The first-order valence-corrected chi connectivity index (χ1v) is 11.2. The number of nitrogens with one attached hydrogen (secondary N) is 1. The number of hydrogen-bond donors (Lipinski definition) is 2. The zero-order valence-electron chi connectivity index (χ0n) is 20.0. The maximum atomic E-state index is 9.41. The summed E-state index contributed by atoms with van der Waals surface area (Å²) in [6.45, 7) is 13.9. The Morgan fingerprint density at radius 1 is 1.07 bits per heavy atom. The maximum Gasteiger partial charge on any atom is 0.151 e. The van der Waals surface area contributed by atoms with Gasteiger partial charge in [0.2, 0.25) is 0 Å². The molecular formula is C24H39N5O. The first kappa shape index (κ1) is 24.1. The first-order chi connectivity index (χ1) is 14.3. The smallest absolute Gasteiger partial charge is 0.151 e. The third kappa shape index (κ3) is 5.09. The predicted octanol–water partition coefficient (Wildman–Crippen LogP) is 4.84. The maximum absolute atomic E-state index is 9.41. The number of pyridine rings is 1. The average molecular weight is 414 g/mol. The number of rotatable bonds is 10. The van der Waals surface area contributed by atoms with E-state index in [0.29, 0.717) is 11.8 Å². The SMILES string of the molecule is CCc1nc(C(C)[C@@H](C)CCO)c(N(C)CC)nc1-c1ccc(C(C)C)nc1NC. The Morgan fingerprint density at radius 2 is 1.77 bits per heavy atom. The molecule has 0 spiro atoms. The van der Waals surface area contributed by atoms with Crippen molar-refractivity contribution in [3.8, 4) is 11.3 Å². The van der Waals surface area contributed by atoms with Crippen molar-refractivity contribution in [3.05, 3.63) is 29.2 Å². The monoisotopic (exact) mass is 413 g/mol. The van der Waals surface area contributed by atoms with Crippen molar-refractivity contribution < 1.29 is 5.11 Å². The van der Waals surface area contributed by atoms with Gasteiger partial charge in [-0.3, -0.25) is 4.98 Å². The van der Waals surface area contributed by atoms with Crippen LogP contribution in [-0.2, 0) is 6.42 Å². The summed E-state index contributed by atoms with van der Waals surface area (Å²) in [5.41, 5.74) is 4.93. The van der Waals surface area contributed by atoms with E-state index in [1.807, 2.05) is 7.05 Å². The largest absolute Gasteiger partial charge is 0.396 e. The second-order valence-corrected chi connectivity index (χ2v) is 8.41. The Labute approximate surface area is 182 Å². The molecule has 0 radical (unpaired) electrons. The van der Waals surface area contributed by atoms with Crippen LogP contribution in [0.5, 0.6) is 0 Å². The van der Waals surface area contributed by atoms with Crippen molar-refractivity contribution in [2.75, 3.05) is 37.5 Å². The number of aryl methyl sites for hydroxylation is 1. The normalized spacial score (nSPS) is 13.4. The molecule has 1 unspecified atom stereocenters. The number of hydrogen-bond acceptors (Lipinski definition) is 6. The number of anilines is 2. The lowest BCUT2D eigenvalue weighted by Crippen LogP contribution is -2.23. The molecular weight excluding hydrogens is 374 g/mol. The summed E-state index contributed by atoms with van der Waals surface area (Å²) < 4.78 is 0. The lowest BCUT2D eigenvalue weighted by molar-refractivity contribution is 0.251. The van der Waals surface area contributed by atoms with Crippen LogP contribution in [-0.4, -0.2) is 47.3 Å². The van der Waals surface area contributed by atoms with E-state index in [-0.39, 0.29) is 12.5 Å². The summed E-state index contributed by atoms with van der Waals surface area (Å²) in [5, 5.41) is 12.7. The number of aromatic nitrogens is 3. The molecule has 2 rings (SSSR count). The highest BCUT2D eigenvalue weighted by molar-refractivity contribution is 5.75. The summed E-state index contributed by atoms with van der Waals surface area (Å²) >= 11 is 0. The van der Waals surface area contributed by atoms with Gasteiger partial charge in [0.1, 0.15) is 5.82 Å². The third-order valence-electron chi connectivity index (χ3n) is 6.02. The van der Waals surface area contributed by atoms with Crippen molar-refractivity contribution in [2.45, 2.75) is 66.2 Å². The Bertz CT molecular complexity index is 837. The van der Waals surface area contributed by atoms with Gasteiger partial charge in [0.25, 0.3) is 0 Å². The van der Waals surface area contributed by atoms with E-state index in [0.717, 1.165) is 59.4 Å². The zero-order valence-corrected chi connectivity index (χ0v) is 20.0. The minimum atomic E-state index is 0.190. The van der Waals surface area contributed by atoms with E-state index in [9.17, 15) is 5.11 Å². The van der Waals surface area contributed by atoms with Gasteiger partial charge < -0.3 is 15.3 Å². The lowest BCUT2D eigenvalue weighted by atomic mass is 9.89. The van der Waals surface area contributed by atoms with Gasteiger partial charge >= 0.3 is 0 Å². The molecule has 0 saturated carbocycles. The van der Waals surface area contributed by atoms with E-state index >= 15 is 0 Å². The molecule has 0 saturated heterocycles. The van der Waals surface area contributed by atoms with Gasteiger partial charge in [-0.25, -0.2) is 9.97 Å². The fourth-order valence-corrected chi connectivity index (χ4v) is 3.57. The van der Waals surface area contributed by atoms with Crippen LogP contribution < -0.4 is 10.2 Å². The number of aliphatic hydroxyl groups is 1. The van der Waals surface area contributed by atoms with Crippen LogP contribution >= 0.6 is 0 Å². The molecule has 2 atom stereocenters. The van der Waals surface area contributed by atoms with Gasteiger partial charge in [-0.2, -0.15) is 0 Å². The second-order valence-electron chi connectivity index (χ2n) is 8.41. The van der Waals surface area contributed by atoms with Crippen LogP contribution in [0, 0.1) is 5.92 Å². The van der Waals surface area contributed by atoms with Crippen molar-refractivity contribution in [1.29, 1.82) is 0 Å². The molecule has 2 aromatic heterocycles. The van der Waals surface area contributed by atoms with Crippen molar-refractivity contribution in [3.63, 3.8) is 0 Å². The van der Waals surface area contributed by atoms with Gasteiger partial charge in [0.15, 0.2) is 5.82 Å². The van der Waals surface area contributed by atoms with E-state index < -0.39 is 0 Å². The predicted molar refractivity (Wildman–Crippen MR) is 127 cm³/mol. The van der Waals surface area contributed by atoms with Crippen molar-refractivity contribution in [1.82, 2.24) is 15.0 Å². The molecule has 0 aliphatic carbocycles. The molecule has 0 amide bonds.